The van der Waals surface area contributed by atoms with Crippen LogP contribution in [0.5, 0.6) is 5.75 Å². The van der Waals surface area contributed by atoms with Gasteiger partial charge in [0.2, 0.25) is 17.7 Å². The number of anilines is 1. The average molecular weight is 635 g/mol. The van der Waals surface area contributed by atoms with Gasteiger partial charge in [-0.2, -0.15) is 0 Å². The quantitative estimate of drug-likeness (QED) is 0.121. The van der Waals surface area contributed by atoms with Gasteiger partial charge in [0, 0.05) is 41.3 Å². The number of aromatic amines is 1. The molecule has 4 N–H and O–H groups in total. The topological polar surface area (TPSA) is 118 Å². The number of benzene rings is 3. The Labute approximate surface area is 273 Å². The van der Waals surface area contributed by atoms with E-state index in [4.69, 9.17) is 10.5 Å². The Bertz CT molecular complexity index is 1840. The van der Waals surface area contributed by atoms with Crippen LogP contribution in [0.15, 0.2) is 109 Å². The van der Waals surface area contributed by atoms with Crippen molar-refractivity contribution in [2.45, 2.75) is 44.2 Å². The molecule has 236 valence electrons. The molecule has 0 saturated carbocycles. The minimum absolute atomic E-state index is 0.0313. The first-order chi connectivity index (χ1) is 22.1. The van der Waals surface area contributed by atoms with E-state index in [0.717, 1.165) is 33.2 Å². The maximum absolute atomic E-state index is 13.8. The second-order valence-corrected chi connectivity index (χ2v) is 12.7. The largest absolute Gasteiger partial charge is 0.458 e. The van der Waals surface area contributed by atoms with E-state index in [1.807, 2.05) is 69.5 Å². The van der Waals surface area contributed by atoms with E-state index in [1.54, 1.807) is 35.2 Å². The van der Waals surface area contributed by atoms with Gasteiger partial charge in [-0.1, -0.05) is 49.1 Å². The molecule has 5 rings (SSSR count). The van der Waals surface area contributed by atoms with Gasteiger partial charge in [0.15, 0.2) is 0 Å². The molecular formula is C37H38N4O4S. The van der Waals surface area contributed by atoms with Gasteiger partial charge in [-0.25, -0.2) is 0 Å². The van der Waals surface area contributed by atoms with Crippen molar-refractivity contribution in [2.75, 3.05) is 11.4 Å². The smallest absolute Gasteiger partial charge is 0.248 e. The summed E-state index contributed by atoms with van der Waals surface area (Å²) in [5.41, 5.74) is 11.6. The van der Waals surface area contributed by atoms with Crippen LogP contribution in [0.4, 0.5) is 5.69 Å². The van der Waals surface area contributed by atoms with Crippen LogP contribution in [-0.4, -0.2) is 39.9 Å². The molecule has 0 bridgehead atoms. The number of aryl methyl sites for hydroxylation is 2. The lowest BCUT2D eigenvalue weighted by atomic mass is 10.1. The SMILES string of the molecule is C=C(/C=C\C=C(/C)C1SC(CC(=O)NCCc2c[nH]c3ccccc23)C(=O)N1c1cccc(C(N)=O)c1)Oc1cc(C)cc(C)c1. The highest BCUT2D eigenvalue weighted by Crippen LogP contribution is 2.41. The molecule has 2 heterocycles. The molecule has 8 nitrogen and oxygen atoms in total. The van der Waals surface area contributed by atoms with Crippen LogP contribution in [0.3, 0.4) is 0 Å². The van der Waals surface area contributed by atoms with Gasteiger partial charge in [-0.15, -0.1) is 11.8 Å². The zero-order valence-corrected chi connectivity index (χ0v) is 27.0. The number of nitrogens with one attached hydrogen (secondary N) is 2. The molecule has 46 heavy (non-hydrogen) atoms. The zero-order valence-electron chi connectivity index (χ0n) is 26.2. The number of primary amides is 1. The number of carbonyl (C=O) groups excluding carboxylic acids is 3. The molecule has 0 spiro atoms. The van der Waals surface area contributed by atoms with Crippen molar-refractivity contribution in [3.8, 4) is 5.75 Å². The number of nitrogens with zero attached hydrogens (tertiary/aromatic N) is 1. The summed E-state index contributed by atoms with van der Waals surface area (Å²) in [5.74, 6) is 0.202. The minimum Gasteiger partial charge on any atom is -0.458 e. The van der Waals surface area contributed by atoms with Gasteiger partial charge in [-0.3, -0.25) is 19.3 Å². The van der Waals surface area contributed by atoms with Crippen molar-refractivity contribution in [2.24, 2.45) is 5.73 Å². The van der Waals surface area contributed by atoms with E-state index in [1.165, 1.54) is 11.8 Å². The number of carbonyl (C=O) groups is 3. The maximum Gasteiger partial charge on any atom is 0.248 e. The number of aromatic nitrogens is 1. The van der Waals surface area contributed by atoms with Crippen molar-refractivity contribution in [3.05, 3.63) is 131 Å². The van der Waals surface area contributed by atoms with Crippen LogP contribution in [0.1, 0.15) is 40.4 Å². The van der Waals surface area contributed by atoms with Crippen molar-refractivity contribution >= 4 is 46.1 Å². The molecule has 1 aliphatic heterocycles. The molecule has 1 saturated heterocycles. The first-order valence-corrected chi connectivity index (χ1v) is 16.0. The normalized spacial score (nSPS) is 16.7. The first-order valence-electron chi connectivity index (χ1n) is 15.1. The van der Waals surface area contributed by atoms with E-state index in [0.29, 0.717) is 35.7 Å². The molecule has 2 atom stereocenters. The van der Waals surface area contributed by atoms with Crippen molar-refractivity contribution in [1.29, 1.82) is 0 Å². The Morgan fingerprint density at radius 3 is 2.61 bits per heavy atom. The molecule has 1 aliphatic rings. The fourth-order valence-electron chi connectivity index (χ4n) is 5.55. The van der Waals surface area contributed by atoms with Gasteiger partial charge < -0.3 is 20.8 Å². The molecule has 1 aromatic heterocycles. The summed E-state index contributed by atoms with van der Waals surface area (Å²) >= 11 is 1.41. The van der Waals surface area contributed by atoms with Gasteiger partial charge in [-0.05, 0) is 91.9 Å². The number of H-pyrrole nitrogens is 1. The van der Waals surface area contributed by atoms with E-state index in [2.05, 4.69) is 29.0 Å². The van der Waals surface area contributed by atoms with Crippen LogP contribution in [0.25, 0.3) is 10.9 Å². The number of rotatable bonds is 12. The van der Waals surface area contributed by atoms with Crippen LogP contribution >= 0.6 is 11.8 Å². The number of allylic oxidation sites excluding steroid dienone is 3. The fraction of sp³-hybridized carbons (Fsp3) is 0.216. The second-order valence-electron chi connectivity index (χ2n) is 11.4. The van der Waals surface area contributed by atoms with Crippen molar-refractivity contribution in [1.82, 2.24) is 10.3 Å². The van der Waals surface area contributed by atoms with Crippen LogP contribution in [0.2, 0.25) is 0 Å². The van der Waals surface area contributed by atoms with E-state index >= 15 is 0 Å². The molecule has 3 amide bonds. The molecule has 0 radical (unpaired) electrons. The number of para-hydroxylation sites is 1. The zero-order chi connectivity index (χ0) is 32.8. The van der Waals surface area contributed by atoms with Crippen LogP contribution in [0, 0.1) is 13.8 Å². The predicted molar refractivity (Wildman–Crippen MR) is 186 cm³/mol. The fourth-order valence-corrected chi connectivity index (χ4v) is 6.98. The Kier molecular flexibility index (Phi) is 10.1. The third kappa shape index (κ3) is 7.79. The molecule has 9 heteroatoms. The van der Waals surface area contributed by atoms with Crippen molar-refractivity contribution in [3.63, 3.8) is 0 Å². The summed E-state index contributed by atoms with van der Waals surface area (Å²) in [5, 5.41) is 3.10. The van der Waals surface area contributed by atoms with Gasteiger partial charge >= 0.3 is 0 Å². The minimum atomic E-state index is -0.606. The number of thioether (sulfide) groups is 1. The average Bonchev–Trinajstić information content (AvgIpc) is 3.57. The highest BCUT2D eigenvalue weighted by atomic mass is 32.2. The number of hydrogen-bond donors (Lipinski definition) is 3. The van der Waals surface area contributed by atoms with E-state index in [-0.39, 0.29) is 18.2 Å². The predicted octanol–water partition coefficient (Wildman–Crippen LogP) is 6.50. The Morgan fingerprint density at radius 2 is 1.85 bits per heavy atom. The third-order valence-corrected chi connectivity index (χ3v) is 9.22. The maximum atomic E-state index is 13.8. The molecule has 0 aliphatic carbocycles. The van der Waals surface area contributed by atoms with Gasteiger partial charge in [0.25, 0.3) is 0 Å². The molecule has 4 aromatic rings. The summed E-state index contributed by atoms with van der Waals surface area (Å²) < 4.78 is 5.89. The summed E-state index contributed by atoms with van der Waals surface area (Å²) in [4.78, 5) is 43.7. The van der Waals surface area contributed by atoms with Gasteiger partial charge in [0.05, 0.1) is 5.25 Å². The lowest BCUT2D eigenvalue weighted by Gasteiger charge is -2.25. The van der Waals surface area contributed by atoms with Crippen LogP contribution < -0.4 is 20.7 Å². The number of amides is 3. The van der Waals surface area contributed by atoms with Gasteiger partial charge in [0.1, 0.15) is 16.9 Å². The lowest BCUT2D eigenvalue weighted by Crippen LogP contribution is -2.37. The molecule has 1 fully saturated rings. The lowest BCUT2D eigenvalue weighted by molar-refractivity contribution is -0.124. The number of hydrogen-bond acceptors (Lipinski definition) is 5. The summed E-state index contributed by atoms with van der Waals surface area (Å²) in [6.45, 7) is 10.4. The molecule has 3 aromatic carbocycles. The highest BCUT2D eigenvalue weighted by molar-refractivity contribution is 8.02. The molecule has 2 unspecified atom stereocenters. The third-order valence-electron chi connectivity index (χ3n) is 7.69. The highest BCUT2D eigenvalue weighted by Gasteiger charge is 2.42. The first kappa shape index (κ1) is 32.4. The number of fused-ring (bicyclic) bond motifs is 1. The Morgan fingerprint density at radius 1 is 1.09 bits per heavy atom. The number of ether oxygens (including phenoxy) is 1. The van der Waals surface area contributed by atoms with Crippen LogP contribution in [-0.2, 0) is 16.0 Å². The number of nitrogens with two attached hydrogens (primary N) is 1. The Balaban J connectivity index is 1.28. The molecular weight excluding hydrogens is 596 g/mol. The Hall–Kier alpha value is -5.02. The van der Waals surface area contributed by atoms with E-state index < -0.39 is 16.5 Å². The summed E-state index contributed by atoms with van der Waals surface area (Å²) in [6.07, 6.45) is 8.15. The standard InChI is InChI=1S/C37H38N4O4S/c1-23-17-24(2)19-30(18-23)45-26(4)10-7-9-25(3)37-41(29-12-8-11-27(20-29)35(38)43)36(44)33(46-37)21-34(42)39-16-15-28-22-40-32-14-6-5-13-31(28)32/h5-14,17-20,22,33,37,40H,4,15-16,21H2,1-3H3,(H2,38,43)(H,39,42)/b10-7-,25-9+. The second kappa shape index (κ2) is 14.4. The van der Waals surface area contributed by atoms with Crippen molar-refractivity contribution < 1.29 is 19.1 Å². The monoisotopic (exact) mass is 634 g/mol. The summed E-state index contributed by atoms with van der Waals surface area (Å²) in [7, 11) is 0. The summed E-state index contributed by atoms with van der Waals surface area (Å²) in [6, 6.07) is 20.7. The van der Waals surface area contributed by atoms with E-state index in [9.17, 15) is 14.4 Å².